The van der Waals surface area contributed by atoms with Crippen LogP contribution in [0.4, 0.5) is 0 Å². The molecule has 1 N–H and O–H groups in total. The van der Waals surface area contributed by atoms with E-state index in [2.05, 4.69) is 5.32 Å². The minimum atomic E-state index is -3.45. The third-order valence-electron chi connectivity index (χ3n) is 5.75. The van der Waals surface area contributed by atoms with Gasteiger partial charge in [-0.15, -0.1) is 0 Å². The van der Waals surface area contributed by atoms with Crippen molar-refractivity contribution in [3.8, 4) is 0 Å². The largest absolute Gasteiger partial charge is 0.353 e. The van der Waals surface area contributed by atoms with Crippen molar-refractivity contribution in [2.45, 2.75) is 63.2 Å². The van der Waals surface area contributed by atoms with Crippen LogP contribution in [0.25, 0.3) is 0 Å². The highest BCUT2D eigenvalue weighted by Crippen LogP contribution is 2.26. The van der Waals surface area contributed by atoms with Crippen molar-refractivity contribution >= 4 is 39.1 Å². The van der Waals surface area contributed by atoms with Crippen molar-refractivity contribution < 1.29 is 13.2 Å². The van der Waals surface area contributed by atoms with Crippen LogP contribution in [0.2, 0.25) is 10.0 Å². The molecule has 1 aromatic rings. The molecule has 2 fully saturated rings. The van der Waals surface area contributed by atoms with Crippen LogP contribution in [0.5, 0.6) is 0 Å². The first-order valence-electron chi connectivity index (χ1n) is 10.1. The van der Waals surface area contributed by atoms with Crippen LogP contribution in [0.3, 0.4) is 0 Å². The number of hydrogen-bond acceptors (Lipinski definition) is 3. The molecule has 0 bridgehead atoms. The van der Waals surface area contributed by atoms with E-state index in [0.717, 1.165) is 12.8 Å². The number of piperidine rings is 1. The Morgan fingerprint density at radius 1 is 1.00 bits per heavy atom. The van der Waals surface area contributed by atoms with Gasteiger partial charge in [-0.05, 0) is 43.4 Å². The smallest absolute Gasteiger partial charge is 0.223 e. The molecular weight excluding hydrogens is 419 g/mol. The van der Waals surface area contributed by atoms with E-state index in [1.54, 1.807) is 18.2 Å². The van der Waals surface area contributed by atoms with Gasteiger partial charge in [0.25, 0.3) is 0 Å². The van der Waals surface area contributed by atoms with Crippen molar-refractivity contribution in [2.75, 3.05) is 13.1 Å². The molecule has 1 aromatic carbocycles. The molecule has 0 radical (unpaired) electrons. The van der Waals surface area contributed by atoms with E-state index < -0.39 is 10.0 Å². The molecule has 0 atom stereocenters. The monoisotopic (exact) mass is 446 g/mol. The zero-order valence-electron chi connectivity index (χ0n) is 16.0. The Bertz CT molecular complexity index is 785. The van der Waals surface area contributed by atoms with Gasteiger partial charge in [0.05, 0.1) is 15.8 Å². The Morgan fingerprint density at radius 3 is 2.25 bits per heavy atom. The summed E-state index contributed by atoms with van der Waals surface area (Å²) < 4.78 is 27.0. The second kappa shape index (κ2) is 9.79. The van der Waals surface area contributed by atoms with Crippen LogP contribution >= 0.6 is 23.2 Å². The lowest BCUT2D eigenvalue weighted by Crippen LogP contribution is -2.45. The lowest BCUT2D eigenvalue weighted by molar-refractivity contribution is -0.126. The number of carbonyl (C=O) groups excluding carboxylic acids is 1. The van der Waals surface area contributed by atoms with Crippen LogP contribution in [0.1, 0.15) is 56.9 Å². The molecule has 156 valence electrons. The van der Waals surface area contributed by atoms with Crippen molar-refractivity contribution in [1.82, 2.24) is 9.62 Å². The summed E-state index contributed by atoms with van der Waals surface area (Å²) in [5, 5.41) is 3.96. The van der Waals surface area contributed by atoms with E-state index in [-0.39, 0.29) is 23.6 Å². The Hall–Kier alpha value is -0.820. The number of hydrogen-bond donors (Lipinski definition) is 1. The van der Waals surface area contributed by atoms with Crippen LogP contribution in [-0.2, 0) is 20.6 Å². The molecule has 1 heterocycles. The number of carbonyl (C=O) groups is 1. The number of nitrogens with one attached hydrogen (secondary N) is 1. The summed E-state index contributed by atoms with van der Waals surface area (Å²) in [5.41, 5.74) is 0.614. The van der Waals surface area contributed by atoms with E-state index >= 15 is 0 Å². The van der Waals surface area contributed by atoms with Gasteiger partial charge in [0, 0.05) is 25.0 Å². The Labute approximate surface area is 177 Å². The lowest BCUT2D eigenvalue weighted by atomic mass is 9.96. The summed E-state index contributed by atoms with van der Waals surface area (Å²) in [7, 11) is -3.45. The van der Waals surface area contributed by atoms with Crippen molar-refractivity contribution in [3.05, 3.63) is 33.8 Å². The summed E-state index contributed by atoms with van der Waals surface area (Å²) in [6.45, 7) is 0.763. The molecule has 1 saturated carbocycles. The predicted molar refractivity (Wildman–Crippen MR) is 113 cm³/mol. The Morgan fingerprint density at radius 2 is 1.64 bits per heavy atom. The fourth-order valence-corrected chi connectivity index (χ4v) is 5.94. The van der Waals surface area contributed by atoms with Gasteiger partial charge in [-0.2, -0.15) is 0 Å². The van der Waals surface area contributed by atoms with Gasteiger partial charge < -0.3 is 5.32 Å². The fourth-order valence-electron chi connectivity index (χ4n) is 4.07. The van der Waals surface area contributed by atoms with E-state index in [0.29, 0.717) is 41.5 Å². The minimum absolute atomic E-state index is 0.0911. The summed E-state index contributed by atoms with van der Waals surface area (Å²) in [5.74, 6) is -0.115. The highest BCUT2D eigenvalue weighted by molar-refractivity contribution is 7.88. The van der Waals surface area contributed by atoms with Gasteiger partial charge in [-0.3, -0.25) is 4.79 Å². The van der Waals surface area contributed by atoms with Gasteiger partial charge in [-0.25, -0.2) is 12.7 Å². The number of halogens is 2. The quantitative estimate of drug-likeness (QED) is 0.682. The van der Waals surface area contributed by atoms with Crippen molar-refractivity contribution in [3.63, 3.8) is 0 Å². The summed E-state index contributed by atoms with van der Waals surface area (Å²) >= 11 is 11.9. The number of rotatable bonds is 5. The lowest BCUT2D eigenvalue weighted by Gasteiger charge is -2.31. The number of benzene rings is 1. The van der Waals surface area contributed by atoms with Crippen LogP contribution in [0.15, 0.2) is 18.2 Å². The molecule has 28 heavy (non-hydrogen) atoms. The average molecular weight is 447 g/mol. The second-order valence-corrected chi connectivity index (χ2v) is 10.7. The number of sulfonamides is 1. The van der Waals surface area contributed by atoms with E-state index in [1.807, 2.05) is 0 Å². The molecule has 2 aliphatic rings. The summed E-state index contributed by atoms with van der Waals surface area (Å²) in [6, 6.07) is 5.16. The first-order valence-corrected chi connectivity index (χ1v) is 12.4. The van der Waals surface area contributed by atoms with E-state index in [4.69, 9.17) is 23.2 Å². The van der Waals surface area contributed by atoms with Crippen molar-refractivity contribution in [2.24, 2.45) is 5.92 Å². The third kappa shape index (κ3) is 5.85. The predicted octanol–water partition coefficient (Wildman–Crippen LogP) is 4.37. The normalized spacial score (nSPS) is 20.6. The number of amides is 1. The van der Waals surface area contributed by atoms with Crippen molar-refractivity contribution in [1.29, 1.82) is 0 Å². The zero-order valence-corrected chi connectivity index (χ0v) is 18.3. The Balaban J connectivity index is 1.52. The molecule has 5 nitrogen and oxygen atoms in total. The molecule has 3 rings (SSSR count). The first-order chi connectivity index (χ1) is 13.3. The van der Waals surface area contributed by atoms with Gasteiger partial charge in [0.2, 0.25) is 15.9 Å². The maximum atomic E-state index is 12.7. The van der Waals surface area contributed by atoms with Gasteiger partial charge in [0.1, 0.15) is 0 Å². The average Bonchev–Trinajstić information content (AvgIpc) is 2.93. The molecule has 8 heteroatoms. The fraction of sp³-hybridized carbons (Fsp3) is 0.650. The SMILES string of the molecule is O=C(NC1CCCCCC1)C1CCN(S(=O)(=O)Cc2ccc(Cl)c(Cl)c2)CC1. The molecular formula is C20H28Cl2N2O3S. The molecule has 1 saturated heterocycles. The van der Waals surface area contributed by atoms with Gasteiger partial charge >= 0.3 is 0 Å². The molecule has 0 spiro atoms. The minimum Gasteiger partial charge on any atom is -0.353 e. The molecule has 1 aliphatic heterocycles. The van der Waals surface area contributed by atoms with E-state index in [1.165, 1.54) is 30.0 Å². The highest BCUT2D eigenvalue weighted by Gasteiger charge is 2.32. The standard InChI is InChI=1S/C20H28Cl2N2O3S/c21-18-8-7-15(13-19(18)22)14-28(26,27)24-11-9-16(10-12-24)20(25)23-17-5-3-1-2-4-6-17/h7-8,13,16-17H,1-6,9-12,14H2,(H,23,25). The van der Waals surface area contributed by atoms with Crippen LogP contribution in [0, 0.1) is 5.92 Å². The molecule has 1 amide bonds. The number of nitrogens with zero attached hydrogens (tertiary/aromatic N) is 1. The van der Waals surface area contributed by atoms with Crippen LogP contribution < -0.4 is 5.32 Å². The third-order valence-corrected chi connectivity index (χ3v) is 8.34. The second-order valence-electron chi connectivity index (χ2n) is 7.88. The Kier molecular flexibility index (Phi) is 7.65. The summed E-state index contributed by atoms with van der Waals surface area (Å²) in [6.07, 6.45) is 8.11. The molecule has 0 unspecified atom stereocenters. The molecule has 0 aromatic heterocycles. The van der Waals surface area contributed by atoms with Crippen LogP contribution in [-0.4, -0.2) is 37.8 Å². The maximum Gasteiger partial charge on any atom is 0.223 e. The van der Waals surface area contributed by atoms with Gasteiger partial charge in [-0.1, -0.05) is 55.0 Å². The van der Waals surface area contributed by atoms with Gasteiger partial charge in [0.15, 0.2) is 0 Å². The highest BCUT2D eigenvalue weighted by atomic mass is 35.5. The molecule has 1 aliphatic carbocycles. The van der Waals surface area contributed by atoms with E-state index in [9.17, 15) is 13.2 Å². The topological polar surface area (TPSA) is 66.5 Å². The maximum absolute atomic E-state index is 12.7. The summed E-state index contributed by atoms with van der Waals surface area (Å²) in [4.78, 5) is 12.6. The first kappa shape index (κ1) is 21.9. The zero-order chi connectivity index (χ0) is 20.1.